The summed E-state index contributed by atoms with van der Waals surface area (Å²) < 4.78 is 92.1. The fraction of sp³-hybridized carbons (Fsp3) is 0.581. The highest BCUT2D eigenvalue weighted by Crippen LogP contribution is 2.42. The second-order valence-corrected chi connectivity index (χ2v) is 11.9. The summed E-state index contributed by atoms with van der Waals surface area (Å²) in [6, 6.07) is 11.1. The van der Waals surface area contributed by atoms with Crippen LogP contribution in [0.5, 0.6) is 0 Å². The fourth-order valence-electron chi connectivity index (χ4n) is 6.67. The molecule has 3 fully saturated rings. The van der Waals surface area contributed by atoms with Crippen molar-refractivity contribution in [2.24, 2.45) is 0 Å². The zero-order chi connectivity index (χ0) is 30.2. The molecule has 42 heavy (non-hydrogen) atoms. The number of nitrogens with one attached hydrogen (secondary N) is 1. The van der Waals surface area contributed by atoms with Crippen LogP contribution in [0.2, 0.25) is 0 Å². The predicted molar refractivity (Wildman–Crippen MR) is 143 cm³/mol. The number of halogens is 6. The Labute approximate surface area is 241 Å². The molecule has 2 aromatic rings. The fourth-order valence-corrected chi connectivity index (χ4v) is 6.67. The molecule has 1 atom stereocenters. The Hall–Kier alpha value is -2.63. The van der Waals surface area contributed by atoms with Crippen molar-refractivity contribution in [1.82, 2.24) is 10.2 Å². The molecule has 1 amide bonds. The van der Waals surface area contributed by atoms with Crippen LogP contribution in [-0.4, -0.2) is 48.9 Å². The number of rotatable bonds is 5. The molecular weight excluding hydrogens is 562 g/mol. The molecule has 11 heteroatoms. The lowest BCUT2D eigenvalue weighted by atomic mass is 9.73. The van der Waals surface area contributed by atoms with Crippen LogP contribution < -0.4 is 5.32 Å². The normalized spacial score (nSPS) is 26.1. The van der Waals surface area contributed by atoms with Crippen molar-refractivity contribution in [3.05, 3.63) is 70.8 Å². The van der Waals surface area contributed by atoms with Crippen molar-refractivity contribution < 1.29 is 40.6 Å². The van der Waals surface area contributed by atoms with E-state index >= 15 is 0 Å². The molecule has 5 rings (SSSR count). The van der Waals surface area contributed by atoms with Crippen LogP contribution in [0.15, 0.2) is 48.5 Å². The Kier molecular flexibility index (Phi) is 8.66. The van der Waals surface area contributed by atoms with E-state index < -0.39 is 40.8 Å². The Bertz CT molecular complexity index is 1190. The molecule has 2 aromatic carbocycles. The molecular formula is C31H36F6N2O3. The topological polar surface area (TPSA) is 50.8 Å². The molecule has 230 valence electrons. The van der Waals surface area contributed by atoms with E-state index in [9.17, 15) is 31.1 Å². The third-order valence-corrected chi connectivity index (χ3v) is 9.38. The molecule has 1 unspecified atom stereocenters. The highest BCUT2D eigenvalue weighted by Gasteiger charge is 2.44. The molecule has 5 nitrogen and oxygen atoms in total. The number of carbonyl (C=O) groups is 1. The standard InChI is InChI=1S/C31H36F6N2O3/c1-21(22-17-24(30(32,33)34)19-25(18-22)31(35,36)37)27(40)38-29(23-5-3-2-4-6-23)9-7-26(8-10-29)39-14-11-28(12-15-39)13-16-41-20-42-28/h2-6,17-19,21,26H,7-16,20H2,1H3,(H,38,40)/t21?,26-,29-. The number of hydrogen-bond donors (Lipinski definition) is 1. The first-order chi connectivity index (χ1) is 19.8. The summed E-state index contributed by atoms with van der Waals surface area (Å²) in [4.78, 5) is 16.0. The van der Waals surface area contributed by atoms with Gasteiger partial charge in [-0.3, -0.25) is 4.79 Å². The third kappa shape index (κ3) is 6.63. The number of ether oxygens (including phenoxy) is 2. The molecule has 1 N–H and O–H groups in total. The Balaban J connectivity index is 1.32. The zero-order valence-corrected chi connectivity index (χ0v) is 23.5. The number of piperidine rings is 1. The van der Waals surface area contributed by atoms with E-state index in [1.807, 2.05) is 30.3 Å². The van der Waals surface area contributed by atoms with Gasteiger partial charge in [-0.1, -0.05) is 30.3 Å². The third-order valence-electron chi connectivity index (χ3n) is 9.38. The Morgan fingerprint density at radius 1 is 0.905 bits per heavy atom. The first-order valence-corrected chi connectivity index (χ1v) is 14.4. The van der Waals surface area contributed by atoms with Crippen molar-refractivity contribution >= 4 is 5.91 Å². The average Bonchev–Trinajstić information content (AvgIpc) is 2.97. The van der Waals surface area contributed by atoms with Crippen LogP contribution in [0.4, 0.5) is 26.3 Å². The lowest BCUT2D eigenvalue weighted by Gasteiger charge is -2.49. The maximum absolute atomic E-state index is 13.6. The summed E-state index contributed by atoms with van der Waals surface area (Å²) in [5, 5.41) is 3.08. The van der Waals surface area contributed by atoms with E-state index in [2.05, 4.69) is 10.2 Å². The van der Waals surface area contributed by atoms with E-state index in [1.165, 1.54) is 6.92 Å². The van der Waals surface area contributed by atoms with Gasteiger partial charge in [0.1, 0.15) is 6.79 Å². The van der Waals surface area contributed by atoms with Crippen LogP contribution in [0.3, 0.4) is 0 Å². The molecule has 1 saturated carbocycles. The maximum Gasteiger partial charge on any atom is 0.416 e. The van der Waals surface area contributed by atoms with E-state index in [1.54, 1.807) is 0 Å². The van der Waals surface area contributed by atoms with Gasteiger partial charge in [-0.2, -0.15) is 26.3 Å². The van der Waals surface area contributed by atoms with Gasteiger partial charge in [0.2, 0.25) is 5.91 Å². The van der Waals surface area contributed by atoms with Crippen molar-refractivity contribution in [1.29, 1.82) is 0 Å². The number of likely N-dealkylation sites (tertiary alicyclic amines) is 1. The lowest BCUT2D eigenvalue weighted by molar-refractivity contribution is -0.210. The van der Waals surface area contributed by atoms with Crippen molar-refractivity contribution in [2.75, 3.05) is 26.5 Å². The van der Waals surface area contributed by atoms with Crippen molar-refractivity contribution in [3.63, 3.8) is 0 Å². The number of carbonyl (C=O) groups excluding carboxylic acids is 1. The zero-order valence-electron chi connectivity index (χ0n) is 23.5. The van der Waals surface area contributed by atoms with Gasteiger partial charge in [-0.25, -0.2) is 0 Å². The van der Waals surface area contributed by atoms with E-state index in [4.69, 9.17) is 9.47 Å². The number of amides is 1. The van der Waals surface area contributed by atoms with Gasteiger partial charge < -0.3 is 19.7 Å². The summed E-state index contributed by atoms with van der Waals surface area (Å²) in [5.74, 6) is -1.84. The first-order valence-electron chi connectivity index (χ1n) is 14.4. The highest BCUT2D eigenvalue weighted by atomic mass is 19.4. The summed E-state index contributed by atoms with van der Waals surface area (Å²) >= 11 is 0. The van der Waals surface area contributed by atoms with E-state index in [-0.39, 0.29) is 17.2 Å². The summed E-state index contributed by atoms with van der Waals surface area (Å²) in [6.07, 6.45) is -4.43. The predicted octanol–water partition coefficient (Wildman–Crippen LogP) is 7.01. The van der Waals surface area contributed by atoms with Crippen LogP contribution >= 0.6 is 0 Å². The molecule has 0 bridgehead atoms. The highest BCUT2D eigenvalue weighted by molar-refractivity contribution is 5.84. The van der Waals surface area contributed by atoms with E-state index in [0.717, 1.165) is 50.8 Å². The van der Waals surface area contributed by atoms with Gasteiger partial charge in [0, 0.05) is 25.6 Å². The van der Waals surface area contributed by atoms with Gasteiger partial charge in [-0.05, 0) is 74.8 Å². The van der Waals surface area contributed by atoms with Crippen molar-refractivity contribution in [3.8, 4) is 0 Å². The van der Waals surface area contributed by atoms with E-state index in [0.29, 0.717) is 44.4 Å². The molecule has 2 aliphatic heterocycles. The van der Waals surface area contributed by atoms with Gasteiger partial charge >= 0.3 is 12.4 Å². The quantitative estimate of drug-likeness (QED) is 0.377. The van der Waals surface area contributed by atoms with Gasteiger partial charge in [0.05, 0.1) is 34.8 Å². The Morgan fingerprint density at radius 2 is 1.50 bits per heavy atom. The van der Waals surface area contributed by atoms with Gasteiger partial charge in [-0.15, -0.1) is 0 Å². The average molecular weight is 599 g/mol. The molecule has 1 aliphatic carbocycles. The molecule has 0 aromatic heterocycles. The second-order valence-electron chi connectivity index (χ2n) is 11.9. The van der Waals surface area contributed by atoms with Gasteiger partial charge in [0.15, 0.2) is 0 Å². The monoisotopic (exact) mass is 598 g/mol. The minimum Gasteiger partial charge on any atom is -0.355 e. The minimum atomic E-state index is -4.99. The molecule has 0 radical (unpaired) electrons. The summed E-state index contributed by atoms with van der Waals surface area (Å²) in [5.41, 5.74) is -3.21. The number of alkyl halides is 6. The SMILES string of the molecule is CC(C(=O)N[C@]1(c2ccccc2)CC[C@@H](N2CCC3(CCOCO3)CC2)CC1)c1cc(C(F)(F)F)cc(C(F)(F)F)c1. The van der Waals surface area contributed by atoms with Crippen LogP contribution in [0.25, 0.3) is 0 Å². The second kappa shape index (κ2) is 11.8. The smallest absolute Gasteiger partial charge is 0.355 e. The minimum absolute atomic E-state index is 0.0808. The summed E-state index contributed by atoms with van der Waals surface area (Å²) in [6.45, 7) is 4.20. The molecule has 3 aliphatic rings. The number of nitrogens with zero attached hydrogens (tertiary/aromatic N) is 1. The van der Waals surface area contributed by atoms with Gasteiger partial charge in [0.25, 0.3) is 0 Å². The molecule has 1 spiro atoms. The van der Waals surface area contributed by atoms with Crippen LogP contribution in [0, 0.1) is 0 Å². The number of hydrogen-bond acceptors (Lipinski definition) is 4. The maximum atomic E-state index is 13.6. The number of benzene rings is 2. The Morgan fingerprint density at radius 3 is 2.02 bits per heavy atom. The lowest BCUT2D eigenvalue weighted by Crippen LogP contribution is -2.55. The van der Waals surface area contributed by atoms with Crippen molar-refractivity contribution in [2.45, 2.75) is 87.3 Å². The van der Waals surface area contributed by atoms with Crippen LogP contribution in [0.1, 0.15) is 80.0 Å². The van der Waals surface area contributed by atoms with Crippen LogP contribution in [-0.2, 0) is 32.2 Å². The molecule has 2 heterocycles. The molecule has 2 saturated heterocycles. The largest absolute Gasteiger partial charge is 0.416 e. The first kappa shape index (κ1) is 30.8. The summed E-state index contributed by atoms with van der Waals surface area (Å²) in [7, 11) is 0.